The standard InChI is InChI=1S/C44H42Cl2N6/c1-29-43-39(37-15-3-5-17-41(37)51(43)27-31-11-9-13-33(45)21-31)23-35(49-29)25-47-19-7-8-20-48-26-36-24-40-38-16-4-6-18-42(38)52(44(40)30(2)50-36)28-32-12-10-14-34(46)22-32/h3-6,9-18,21-24,47-48H,7-8,19-20,25-28H2,1-2H3. The van der Waals surface area contributed by atoms with Crippen LogP contribution in [0.3, 0.4) is 0 Å². The summed E-state index contributed by atoms with van der Waals surface area (Å²) in [7, 11) is 0. The van der Waals surface area contributed by atoms with Gasteiger partial charge in [-0.2, -0.15) is 0 Å². The van der Waals surface area contributed by atoms with Crippen molar-refractivity contribution in [1.82, 2.24) is 29.7 Å². The SMILES string of the molecule is Cc1nc(CNCCCCNCc2cc3c4ccccc4n(Cc4cccc(Cl)c4)c3c(C)n2)cc2c3ccccc3n(Cc3cccc(Cl)c3)c12. The summed E-state index contributed by atoms with van der Waals surface area (Å²) in [6.07, 6.45) is 2.16. The van der Waals surface area contributed by atoms with Crippen LogP contribution in [0, 0.1) is 13.8 Å². The molecule has 0 unspecified atom stereocenters. The number of hydrogen-bond acceptors (Lipinski definition) is 4. The number of pyridine rings is 2. The third-order valence-corrected chi connectivity index (χ3v) is 10.4. The highest BCUT2D eigenvalue weighted by Gasteiger charge is 2.17. The molecule has 0 aliphatic heterocycles. The Morgan fingerprint density at radius 3 is 1.40 bits per heavy atom. The molecule has 4 heterocycles. The molecule has 2 N–H and O–H groups in total. The van der Waals surface area contributed by atoms with Crippen molar-refractivity contribution in [3.63, 3.8) is 0 Å². The second-order valence-corrected chi connectivity index (χ2v) is 14.6. The average Bonchev–Trinajstić information content (AvgIpc) is 3.62. The Kier molecular flexibility index (Phi) is 9.98. The Labute approximate surface area is 314 Å². The first-order valence-electron chi connectivity index (χ1n) is 18.1. The van der Waals surface area contributed by atoms with E-state index in [1.165, 1.54) is 54.7 Å². The van der Waals surface area contributed by atoms with Gasteiger partial charge in [0.2, 0.25) is 0 Å². The zero-order valence-corrected chi connectivity index (χ0v) is 31.1. The fourth-order valence-electron chi connectivity index (χ4n) is 7.75. The summed E-state index contributed by atoms with van der Waals surface area (Å²) in [5.74, 6) is 0. The molecule has 8 rings (SSSR count). The summed E-state index contributed by atoms with van der Waals surface area (Å²) >= 11 is 12.6. The van der Waals surface area contributed by atoms with E-state index in [1.807, 2.05) is 36.4 Å². The molecule has 0 saturated heterocycles. The molecule has 0 amide bonds. The molecule has 0 bridgehead atoms. The van der Waals surface area contributed by atoms with Crippen LogP contribution < -0.4 is 10.6 Å². The molecule has 0 aliphatic rings. The molecule has 262 valence electrons. The molecule has 8 heteroatoms. The van der Waals surface area contributed by atoms with Crippen LogP contribution in [0.5, 0.6) is 0 Å². The smallest absolute Gasteiger partial charge is 0.0711 e. The van der Waals surface area contributed by atoms with E-state index >= 15 is 0 Å². The summed E-state index contributed by atoms with van der Waals surface area (Å²) in [4.78, 5) is 10.1. The van der Waals surface area contributed by atoms with Crippen LogP contribution in [0.4, 0.5) is 0 Å². The van der Waals surface area contributed by atoms with Crippen LogP contribution in [0.15, 0.2) is 109 Å². The van der Waals surface area contributed by atoms with Gasteiger partial charge in [0.05, 0.1) is 33.8 Å². The third-order valence-electron chi connectivity index (χ3n) is 9.98. The summed E-state index contributed by atoms with van der Waals surface area (Å²) in [6.45, 7) is 9.10. The molecule has 0 fully saturated rings. The lowest BCUT2D eigenvalue weighted by molar-refractivity contribution is 0.576. The molecule has 0 spiro atoms. The summed E-state index contributed by atoms with van der Waals surface area (Å²) in [5, 5.41) is 13.8. The van der Waals surface area contributed by atoms with Gasteiger partial charge >= 0.3 is 0 Å². The number of aryl methyl sites for hydroxylation is 2. The van der Waals surface area contributed by atoms with E-state index in [4.69, 9.17) is 33.2 Å². The van der Waals surface area contributed by atoms with Gasteiger partial charge in [0.1, 0.15) is 0 Å². The number of benzene rings is 4. The maximum absolute atomic E-state index is 6.32. The molecule has 8 aromatic rings. The topological polar surface area (TPSA) is 59.7 Å². The first kappa shape index (κ1) is 34.4. The molecule has 0 atom stereocenters. The number of fused-ring (bicyclic) bond motifs is 6. The Hall–Kier alpha value is -4.72. The lowest BCUT2D eigenvalue weighted by Crippen LogP contribution is -2.19. The van der Waals surface area contributed by atoms with Crippen molar-refractivity contribution in [1.29, 1.82) is 0 Å². The van der Waals surface area contributed by atoms with Gasteiger partial charge in [-0.05, 0) is 99.4 Å². The van der Waals surface area contributed by atoms with Crippen molar-refractivity contribution in [3.05, 3.63) is 153 Å². The Morgan fingerprint density at radius 1 is 0.519 bits per heavy atom. The van der Waals surface area contributed by atoms with Crippen molar-refractivity contribution in [3.8, 4) is 0 Å². The largest absolute Gasteiger partial charge is 0.334 e. The predicted molar refractivity (Wildman–Crippen MR) is 218 cm³/mol. The number of para-hydroxylation sites is 2. The van der Waals surface area contributed by atoms with E-state index in [2.05, 4.69) is 106 Å². The van der Waals surface area contributed by atoms with E-state index in [0.717, 1.165) is 84.9 Å². The number of hydrogen-bond donors (Lipinski definition) is 2. The molecular formula is C44H42Cl2N6. The number of aromatic nitrogens is 4. The highest BCUT2D eigenvalue weighted by atomic mass is 35.5. The molecule has 52 heavy (non-hydrogen) atoms. The highest BCUT2D eigenvalue weighted by Crippen LogP contribution is 2.33. The molecule has 0 radical (unpaired) electrons. The highest BCUT2D eigenvalue weighted by molar-refractivity contribution is 6.31. The van der Waals surface area contributed by atoms with Gasteiger partial charge in [0.25, 0.3) is 0 Å². The molecule has 4 aromatic heterocycles. The lowest BCUT2D eigenvalue weighted by atomic mass is 10.1. The van der Waals surface area contributed by atoms with Crippen molar-refractivity contribution in [2.24, 2.45) is 0 Å². The van der Waals surface area contributed by atoms with Crippen molar-refractivity contribution in [2.45, 2.75) is 52.9 Å². The third kappa shape index (κ3) is 7.04. The average molecular weight is 726 g/mol. The van der Waals surface area contributed by atoms with Crippen LogP contribution in [-0.2, 0) is 26.2 Å². The minimum absolute atomic E-state index is 0.742. The van der Waals surface area contributed by atoms with E-state index in [1.54, 1.807) is 0 Å². The van der Waals surface area contributed by atoms with Crippen molar-refractivity contribution < 1.29 is 0 Å². The van der Waals surface area contributed by atoms with E-state index in [-0.39, 0.29) is 0 Å². The fraction of sp³-hybridized carbons (Fsp3) is 0.227. The van der Waals surface area contributed by atoms with Gasteiger partial charge in [-0.1, -0.05) is 83.9 Å². The zero-order valence-electron chi connectivity index (χ0n) is 29.6. The molecule has 0 saturated carbocycles. The maximum Gasteiger partial charge on any atom is 0.0711 e. The zero-order chi connectivity index (χ0) is 35.6. The second-order valence-electron chi connectivity index (χ2n) is 13.7. The van der Waals surface area contributed by atoms with Crippen LogP contribution in [0.2, 0.25) is 10.0 Å². The van der Waals surface area contributed by atoms with Gasteiger partial charge < -0.3 is 19.8 Å². The number of halogens is 2. The molecule has 6 nitrogen and oxygen atoms in total. The number of nitrogens with one attached hydrogen (secondary N) is 2. The molecular weight excluding hydrogens is 683 g/mol. The van der Waals surface area contributed by atoms with Crippen LogP contribution in [-0.4, -0.2) is 32.2 Å². The van der Waals surface area contributed by atoms with Gasteiger partial charge in [0, 0.05) is 68.8 Å². The van der Waals surface area contributed by atoms with E-state index < -0.39 is 0 Å². The summed E-state index contributed by atoms with van der Waals surface area (Å²) < 4.78 is 4.75. The maximum atomic E-state index is 6.32. The molecule has 4 aromatic carbocycles. The fourth-order valence-corrected chi connectivity index (χ4v) is 8.17. The minimum Gasteiger partial charge on any atom is -0.334 e. The quantitative estimate of drug-likeness (QED) is 0.116. The Balaban J connectivity index is 0.873. The predicted octanol–water partition coefficient (Wildman–Crippen LogP) is 10.4. The first-order valence-corrected chi connectivity index (χ1v) is 18.8. The minimum atomic E-state index is 0.742. The number of unbranched alkanes of at least 4 members (excludes halogenated alkanes) is 1. The normalized spacial score (nSPS) is 11.8. The monoisotopic (exact) mass is 724 g/mol. The first-order chi connectivity index (χ1) is 25.4. The van der Waals surface area contributed by atoms with E-state index in [0.29, 0.717) is 0 Å². The van der Waals surface area contributed by atoms with Crippen LogP contribution >= 0.6 is 23.2 Å². The van der Waals surface area contributed by atoms with E-state index in [9.17, 15) is 0 Å². The van der Waals surface area contributed by atoms with Crippen LogP contribution in [0.1, 0.15) is 46.7 Å². The molecule has 0 aliphatic carbocycles. The summed E-state index contributed by atoms with van der Waals surface area (Å²) in [5.41, 5.74) is 11.4. The van der Waals surface area contributed by atoms with Crippen molar-refractivity contribution in [2.75, 3.05) is 13.1 Å². The second kappa shape index (κ2) is 15.1. The summed E-state index contributed by atoms with van der Waals surface area (Å²) in [6, 6.07) is 38.0. The van der Waals surface area contributed by atoms with Gasteiger partial charge in [-0.25, -0.2) is 0 Å². The lowest BCUT2D eigenvalue weighted by Gasteiger charge is -2.11. The Morgan fingerprint density at radius 2 is 0.962 bits per heavy atom. The Bertz CT molecular complexity index is 2370. The number of nitrogens with zero attached hydrogens (tertiary/aromatic N) is 4. The number of rotatable bonds is 13. The van der Waals surface area contributed by atoms with Crippen molar-refractivity contribution >= 4 is 66.8 Å². The van der Waals surface area contributed by atoms with Crippen LogP contribution in [0.25, 0.3) is 43.6 Å². The van der Waals surface area contributed by atoms with Gasteiger partial charge in [-0.15, -0.1) is 0 Å². The van der Waals surface area contributed by atoms with Gasteiger partial charge in [-0.3, -0.25) is 9.97 Å². The van der Waals surface area contributed by atoms with Gasteiger partial charge in [0.15, 0.2) is 0 Å².